The summed E-state index contributed by atoms with van der Waals surface area (Å²) in [6.07, 6.45) is 0. The molecule has 0 aliphatic heterocycles. The van der Waals surface area contributed by atoms with Gasteiger partial charge in [-0.2, -0.15) is 0 Å². The quantitative estimate of drug-likeness (QED) is 0.562. The molecule has 0 aliphatic carbocycles. The Morgan fingerprint density at radius 3 is 2.50 bits per heavy atom. The van der Waals surface area contributed by atoms with E-state index in [1.807, 2.05) is 7.85 Å². The van der Waals surface area contributed by atoms with Gasteiger partial charge < -0.3 is 10.1 Å². The molecule has 1 aromatic carbocycles. The fraction of sp³-hybridized carbons (Fsp3) is 0.273. The van der Waals surface area contributed by atoms with Crippen LogP contribution in [0.3, 0.4) is 0 Å². The van der Waals surface area contributed by atoms with Gasteiger partial charge in [0.15, 0.2) is 0 Å². The summed E-state index contributed by atoms with van der Waals surface area (Å²) in [6, 6.07) is 3.48. The lowest BCUT2D eigenvalue weighted by Crippen LogP contribution is -2.19. The highest BCUT2D eigenvalue weighted by atomic mass is 16.5. The number of methoxy groups -OCH3 is 1. The molecule has 0 bridgehead atoms. The Morgan fingerprint density at radius 2 is 2.00 bits per heavy atom. The van der Waals surface area contributed by atoms with Crippen molar-refractivity contribution in [3.8, 4) is 0 Å². The number of rotatable bonds is 2. The van der Waals surface area contributed by atoms with E-state index < -0.39 is 5.97 Å². The molecular formula is C11H14BNO3. The zero-order valence-electron chi connectivity index (χ0n) is 9.88. The second-order valence-corrected chi connectivity index (χ2v) is 3.60. The van der Waals surface area contributed by atoms with Gasteiger partial charge in [-0.1, -0.05) is 11.5 Å². The van der Waals surface area contributed by atoms with Crippen LogP contribution >= 0.6 is 0 Å². The third kappa shape index (κ3) is 2.42. The van der Waals surface area contributed by atoms with Crippen LogP contribution in [-0.4, -0.2) is 26.8 Å². The normalized spacial score (nSPS) is 9.69. The Hall–Kier alpha value is -1.78. The summed E-state index contributed by atoms with van der Waals surface area (Å²) in [7, 11) is 3.21. The number of benzene rings is 1. The van der Waals surface area contributed by atoms with Gasteiger partial charge >= 0.3 is 5.97 Å². The van der Waals surface area contributed by atoms with Crippen molar-refractivity contribution in [2.45, 2.75) is 13.8 Å². The second kappa shape index (κ2) is 4.83. The summed E-state index contributed by atoms with van der Waals surface area (Å²) in [4.78, 5) is 22.5. The first-order valence-corrected chi connectivity index (χ1v) is 4.93. The van der Waals surface area contributed by atoms with Crippen LogP contribution in [0.15, 0.2) is 12.1 Å². The number of carbonyl (C=O) groups excluding carboxylic acids is 2. The summed E-state index contributed by atoms with van der Waals surface area (Å²) in [5.41, 5.74) is 2.79. The van der Waals surface area contributed by atoms with Gasteiger partial charge in [-0.05, 0) is 18.6 Å². The first-order valence-electron chi connectivity index (χ1n) is 4.93. The number of esters is 1. The lowest BCUT2D eigenvalue weighted by molar-refractivity contribution is -0.114. The predicted octanol–water partition coefficient (Wildman–Crippen LogP) is -0.00158. The molecule has 0 aromatic heterocycles. The van der Waals surface area contributed by atoms with Crippen molar-refractivity contribution in [3.63, 3.8) is 0 Å². The zero-order chi connectivity index (χ0) is 12.3. The van der Waals surface area contributed by atoms with Crippen molar-refractivity contribution in [3.05, 3.63) is 23.3 Å². The Balaban J connectivity index is 3.26. The predicted molar refractivity (Wildman–Crippen MR) is 65.0 cm³/mol. The van der Waals surface area contributed by atoms with Gasteiger partial charge in [0, 0.05) is 12.6 Å². The minimum absolute atomic E-state index is 0.159. The number of nitrogens with one attached hydrogen (secondary N) is 1. The molecule has 0 saturated heterocycles. The maximum Gasteiger partial charge on any atom is 0.338 e. The van der Waals surface area contributed by atoms with Crippen molar-refractivity contribution < 1.29 is 14.3 Å². The van der Waals surface area contributed by atoms with E-state index in [9.17, 15) is 9.59 Å². The molecule has 1 N–H and O–H groups in total. The van der Waals surface area contributed by atoms with Crippen LogP contribution in [0.1, 0.15) is 22.8 Å². The maximum atomic E-state index is 11.4. The molecule has 84 valence electrons. The molecule has 0 aliphatic rings. The average Bonchev–Trinajstić information content (AvgIpc) is 2.23. The van der Waals surface area contributed by atoms with Crippen molar-refractivity contribution in [2.24, 2.45) is 0 Å². The highest BCUT2D eigenvalue weighted by Crippen LogP contribution is 2.17. The number of hydrogen-bond donors (Lipinski definition) is 1. The first-order chi connectivity index (χ1) is 7.47. The number of anilines is 1. The third-order valence-corrected chi connectivity index (χ3v) is 2.38. The van der Waals surface area contributed by atoms with Crippen LogP contribution in [0.2, 0.25) is 0 Å². The lowest BCUT2D eigenvalue weighted by atomic mass is 9.89. The molecule has 0 saturated carbocycles. The van der Waals surface area contributed by atoms with Crippen LogP contribution in [0.25, 0.3) is 0 Å². The molecule has 0 heterocycles. The van der Waals surface area contributed by atoms with E-state index in [0.29, 0.717) is 11.3 Å². The summed E-state index contributed by atoms with van der Waals surface area (Å²) in [5.74, 6) is -0.558. The summed E-state index contributed by atoms with van der Waals surface area (Å²) >= 11 is 0. The molecule has 1 rings (SSSR count). The molecule has 0 atom stereocenters. The maximum absolute atomic E-state index is 11.4. The SMILES string of the molecule is Bc1ccc(C(=O)OC)c(C)c1NC(C)=O. The largest absolute Gasteiger partial charge is 0.465 e. The fourth-order valence-electron chi connectivity index (χ4n) is 1.55. The van der Waals surface area contributed by atoms with Gasteiger partial charge in [0.05, 0.1) is 12.7 Å². The van der Waals surface area contributed by atoms with E-state index in [2.05, 4.69) is 10.1 Å². The summed E-state index contributed by atoms with van der Waals surface area (Å²) in [6.45, 7) is 3.22. The highest BCUT2D eigenvalue weighted by Gasteiger charge is 2.14. The van der Waals surface area contributed by atoms with E-state index in [1.54, 1.807) is 19.1 Å². The molecule has 1 aromatic rings. The number of carbonyl (C=O) groups is 2. The standard InChI is InChI=1S/C11H14BNO3/c1-6-8(11(15)16-3)4-5-9(12)10(6)13-7(2)14/h4-5H,12H2,1-3H3,(H,13,14). The average molecular weight is 219 g/mol. The number of ether oxygens (including phenoxy) is 1. The molecule has 0 fully saturated rings. The Kier molecular flexibility index (Phi) is 3.71. The number of hydrogen-bond acceptors (Lipinski definition) is 3. The van der Waals surface area contributed by atoms with Gasteiger partial charge in [0.25, 0.3) is 0 Å². The smallest absolute Gasteiger partial charge is 0.338 e. The van der Waals surface area contributed by atoms with Gasteiger partial charge in [0.2, 0.25) is 5.91 Å². The second-order valence-electron chi connectivity index (χ2n) is 3.60. The molecule has 0 radical (unpaired) electrons. The third-order valence-electron chi connectivity index (χ3n) is 2.38. The van der Waals surface area contributed by atoms with E-state index >= 15 is 0 Å². The molecule has 5 heteroatoms. The summed E-state index contributed by atoms with van der Waals surface area (Å²) < 4.78 is 4.67. The van der Waals surface area contributed by atoms with Crippen molar-refractivity contribution in [1.82, 2.24) is 0 Å². The zero-order valence-corrected chi connectivity index (χ0v) is 9.88. The van der Waals surface area contributed by atoms with E-state index in [0.717, 1.165) is 11.0 Å². The van der Waals surface area contributed by atoms with Crippen LogP contribution < -0.4 is 10.8 Å². The molecular weight excluding hydrogens is 205 g/mol. The fourth-order valence-corrected chi connectivity index (χ4v) is 1.55. The van der Waals surface area contributed by atoms with Gasteiger partial charge in [0.1, 0.15) is 7.85 Å². The minimum Gasteiger partial charge on any atom is -0.465 e. The Bertz CT molecular complexity index is 443. The van der Waals surface area contributed by atoms with Crippen LogP contribution in [0, 0.1) is 6.92 Å². The Morgan fingerprint density at radius 1 is 1.38 bits per heavy atom. The van der Waals surface area contributed by atoms with Gasteiger partial charge in [-0.3, -0.25) is 4.79 Å². The van der Waals surface area contributed by atoms with Crippen LogP contribution in [-0.2, 0) is 9.53 Å². The first kappa shape index (κ1) is 12.3. The van der Waals surface area contributed by atoms with Crippen molar-refractivity contribution >= 4 is 30.9 Å². The minimum atomic E-state index is -0.399. The molecule has 1 amide bonds. The van der Waals surface area contributed by atoms with Gasteiger partial charge in [-0.25, -0.2) is 4.79 Å². The number of amides is 1. The lowest BCUT2D eigenvalue weighted by Gasteiger charge is -2.13. The van der Waals surface area contributed by atoms with E-state index in [1.165, 1.54) is 14.0 Å². The molecule has 16 heavy (non-hydrogen) atoms. The van der Waals surface area contributed by atoms with Crippen molar-refractivity contribution in [2.75, 3.05) is 12.4 Å². The van der Waals surface area contributed by atoms with Gasteiger partial charge in [-0.15, -0.1) is 0 Å². The van der Waals surface area contributed by atoms with Crippen LogP contribution in [0.5, 0.6) is 0 Å². The van der Waals surface area contributed by atoms with Crippen LogP contribution in [0.4, 0.5) is 5.69 Å². The monoisotopic (exact) mass is 219 g/mol. The van der Waals surface area contributed by atoms with Crippen molar-refractivity contribution in [1.29, 1.82) is 0 Å². The molecule has 0 unspecified atom stereocenters. The topological polar surface area (TPSA) is 55.4 Å². The van der Waals surface area contributed by atoms with E-state index in [4.69, 9.17) is 0 Å². The summed E-state index contributed by atoms with van der Waals surface area (Å²) in [5, 5.41) is 2.71. The highest BCUT2D eigenvalue weighted by molar-refractivity contribution is 6.37. The molecule has 0 spiro atoms. The van der Waals surface area contributed by atoms with E-state index in [-0.39, 0.29) is 5.91 Å². The molecule has 4 nitrogen and oxygen atoms in total. The Labute approximate surface area is 95.4 Å².